The molecule has 2 aromatic heterocycles. The zero-order chi connectivity index (χ0) is 20.3. The number of carbonyl (C=O) groups is 1. The van der Waals surface area contributed by atoms with E-state index >= 15 is 0 Å². The van der Waals surface area contributed by atoms with Crippen LogP contribution in [0.3, 0.4) is 0 Å². The van der Waals surface area contributed by atoms with Crippen molar-refractivity contribution >= 4 is 27.5 Å². The summed E-state index contributed by atoms with van der Waals surface area (Å²) in [5.74, 6) is 1.06. The quantitative estimate of drug-likeness (QED) is 0.626. The van der Waals surface area contributed by atoms with Gasteiger partial charge in [0.15, 0.2) is 20.8 Å². The van der Waals surface area contributed by atoms with Gasteiger partial charge in [0.05, 0.1) is 17.3 Å². The molecular weight excluding hydrogens is 398 g/mol. The molecule has 3 heterocycles. The van der Waals surface area contributed by atoms with E-state index in [0.717, 1.165) is 12.0 Å². The Morgan fingerprint density at radius 1 is 1.36 bits per heavy atom. The molecule has 0 aromatic carbocycles. The van der Waals surface area contributed by atoms with Gasteiger partial charge in [-0.2, -0.15) is 0 Å². The summed E-state index contributed by atoms with van der Waals surface area (Å²) in [5, 5.41) is 9.06. The molecule has 2 aromatic rings. The molecule has 0 aliphatic carbocycles. The average Bonchev–Trinajstić information content (AvgIpc) is 3.22. The van der Waals surface area contributed by atoms with Gasteiger partial charge in [0.2, 0.25) is 5.91 Å². The minimum absolute atomic E-state index is 0.00160. The Labute approximate surface area is 169 Å². The van der Waals surface area contributed by atoms with Crippen LogP contribution < -0.4 is 0 Å². The van der Waals surface area contributed by atoms with Crippen molar-refractivity contribution < 1.29 is 13.2 Å². The minimum atomic E-state index is -3.05. The highest BCUT2D eigenvalue weighted by Gasteiger charge is 2.36. The van der Waals surface area contributed by atoms with E-state index in [1.54, 1.807) is 17.3 Å². The molecule has 0 spiro atoms. The Kier molecular flexibility index (Phi) is 6.39. The van der Waals surface area contributed by atoms with Gasteiger partial charge in [0, 0.05) is 37.1 Å². The normalized spacial score (nSPS) is 19.5. The molecule has 8 nitrogen and oxygen atoms in total. The molecule has 3 rings (SSSR count). The fourth-order valence-electron chi connectivity index (χ4n) is 3.39. The van der Waals surface area contributed by atoms with Crippen molar-refractivity contribution in [3.8, 4) is 11.4 Å². The van der Waals surface area contributed by atoms with Gasteiger partial charge in [-0.05, 0) is 31.9 Å². The molecular formula is C18H25N5O3S2. The van der Waals surface area contributed by atoms with Crippen molar-refractivity contribution in [2.45, 2.75) is 43.9 Å². The second-order valence-electron chi connectivity index (χ2n) is 7.00. The summed E-state index contributed by atoms with van der Waals surface area (Å²) < 4.78 is 25.6. The number of sulfone groups is 1. The standard InChI is InChI=1S/C18H25N5O3S2/c1-4-13(2)23(15-7-10-28(25,26)12-15)16(24)11-27-18-21-20-17(22(18)3)14-5-8-19-9-6-14/h5-6,8-9,13,15H,4,7,10-12H2,1-3H3/t13-,15+/m0/s1. The smallest absolute Gasteiger partial charge is 0.233 e. The Bertz CT molecular complexity index is 930. The van der Waals surface area contributed by atoms with E-state index in [2.05, 4.69) is 15.2 Å². The van der Waals surface area contributed by atoms with Crippen molar-refractivity contribution in [2.75, 3.05) is 17.3 Å². The van der Waals surface area contributed by atoms with Crippen LogP contribution in [0, 0.1) is 0 Å². The molecule has 2 atom stereocenters. The molecule has 0 unspecified atom stereocenters. The Hall–Kier alpha value is -1.94. The van der Waals surface area contributed by atoms with Crippen molar-refractivity contribution in [3.05, 3.63) is 24.5 Å². The summed E-state index contributed by atoms with van der Waals surface area (Å²) in [4.78, 5) is 18.7. The lowest BCUT2D eigenvalue weighted by atomic mass is 10.1. The molecule has 28 heavy (non-hydrogen) atoms. The summed E-state index contributed by atoms with van der Waals surface area (Å²) >= 11 is 1.32. The lowest BCUT2D eigenvalue weighted by Crippen LogP contribution is -2.47. The lowest BCUT2D eigenvalue weighted by Gasteiger charge is -2.33. The molecule has 1 aliphatic rings. The van der Waals surface area contributed by atoms with Gasteiger partial charge in [0.25, 0.3) is 0 Å². The minimum Gasteiger partial charge on any atom is -0.335 e. The van der Waals surface area contributed by atoms with E-state index in [1.165, 1.54) is 11.8 Å². The molecule has 10 heteroatoms. The predicted molar refractivity (Wildman–Crippen MR) is 109 cm³/mol. The molecule has 0 bridgehead atoms. The molecule has 0 radical (unpaired) electrons. The van der Waals surface area contributed by atoms with Crippen LogP contribution in [0.1, 0.15) is 26.7 Å². The summed E-state index contributed by atoms with van der Waals surface area (Å²) in [6, 6.07) is 3.47. The third-order valence-corrected chi connectivity index (χ3v) is 7.81. The fourth-order valence-corrected chi connectivity index (χ4v) is 5.89. The average molecular weight is 424 g/mol. The van der Waals surface area contributed by atoms with Crippen molar-refractivity contribution in [3.63, 3.8) is 0 Å². The molecule has 1 amide bonds. The molecule has 0 N–H and O–H groups in total. The van der Waals surface area contributed by atoms with Crippen LogP contribution in [-0.4, -0.2) is 68.3 Å². The van der Waals surface area contributed by atoms with E-state index in [0.29, 0.717) is 17.4 Å². The number of hydrogen-bond acceptors (Lipinski definition) is 7. The second-order valence-corrected chi connectivity index (χ2v) is 10.2. The Morgan fingerprint density at radius 3 is 2.68 bits per heavy atom. The third kappa shape index (κ3) is 4.54. The number of amides is 1. The van der Waals surface area contributed by atoms with Gasteiger partial charge in [0.1, 0.15) is 0 Å². The van der Waals surface area contributed by atoms with E-state index < -0.39 is 9.84 Å². The molecule has 0 saturated carbocycles. The van der Waals surface area contributed by atoms with Crippen molar-refractivity contribution in [2.24, 2.45) is 7.05 Å². The van der Waals surface area contributed by atoms with E-state index in [1.807, 2.05) is 37.6 Å². The highest BCUT2D eigenvalue weighted by atomic mass is 32.2. The van der Waals surface area contributed by atoms with Gasteiger partial charge < -0.3 is 9.47 Å². The third-order valence-electron chi connectivity index (χ3n) is 5.05. The van der Waals surface area contributed by atoms with Gasteiger partial charge in [-0.3, -0.25) is 9.78 Å². The van der Waals surface area contributed by atoms with Crippen LogP contribution in [-0.2, 0) is 21.7 Å². The highest BCUT2D eigenvalue weighted by molar-refractivity contribution is 7.99. The maximum atomic E-state index is 12.9. The van der Waals surface area contributed by atoms with Crippen LogP contribution >= 0.6 is 11.8 Å². The molecule has 1 fully saturated rings. The Morgan fingerprint density at radius 2 is 2.07 bits per heavy atom. The first-order chi connectivity index (χ1) is 13.3. The van der Waals surface area contributed by atoms with Gasteiger partial charge in [-0.25, -0.2) is 8.42 Å². The number of aromatic nitrogens is 4. The molecule has 1 saturated heterocycles. The maximum Gasteiger partial charge on any atom is 0.233 e. The number of carbonyl (C=O) groups excluding carboxylic acids is 1. The van der Waals surface area contributed by atoms with Crippen LogP contribution in [0.25, 0.3) is 11.4 Å². The second kappa shape index (κ2) is 8.60. The number of hydrogen-bond donors (Lipinski definition) is 0. The van der Waals surface area contributed by atoms with Gasteiger partial charge in [-0.1, -0.05) is 18.7 Å². The summed E-state index contributed by atoms with van der Waals surface area (Å²) in [5.41, 5.74) is 0.903. The number of thioether (sulfide) groups is 1. The van der Waals surface area contributed by atoms with E-state index in [-0.39, 0.29) is 35.2 Å². The van der Waals surface area contributed by atoms with Crippen molar-refractivity contribution in [1.29, 1.82) is 0 Å². The van der Waals surface area contributed by atoms with E-state index in [4.69, 9.17) is 0 Å². The first-order valence-corrected chi connectivity index (χ1v) is 12.1. The zero-order valence-electron chi connectivity index (χ0n) is 16.3. The number of pyridine rings is 1. The van der Waals surface area contributed by atoms with Gasteiger partial charge in [-0.15, -0.1) is 10.2 Å². The summed E-state index contributed by atoms with van der Waals surface area (Å²) in [6.45, 7) is 3.97. The fraction of sp³-hybridized carbons (Fsp3) is 0.556. The SMILES string of the molecule is CC[C@H](C)N(C(=O)CSc1nnc(-c2ccncc2)n1C)[C@@H]1CCS(=O)(=O)C1. The maximum absolute atomic E-state index is 12.9. The molecule has 152 valence electrons. The highest BCUT2D eigenvalue weighted by Crippen LogP contribution is 2.25. The van der Waals surface area contributed by atoms with Crippen LogP contribution in [0.5, 0.6) is 0 Å². The topological polar surface area (TPSA) is 98.1 Å². The Balaban J connectivity index is 1.70. The summed E-state index contributed by atoms with van der Waals surface area (Å²) in [6.07, 6.45) is 4.68. The van der Waals surface area contributed by atoms with Gasteiger partial charge >= 0.3 is 0 Å². The van der Waals surface area contributed by atoms with Crippen molar-refractivity contribution in [1.82, 2.24) is 24.6 Å². The number of nitrogens with zero attached hydrogens (tertiary/aromatic N) is 5. The zero-order valence-corrected chi connectivity index (χ0v) is 17.9. The summed E-state index contributed by atoms with van der Waals surface area (Å²) in [7, 11) is -1.19. The predicted octanol–water partition coefficient (Wildman–Crippen LogP) is 1.78. The van der Waals surface area contributed by atoms with E-state index in [9.17, 15) is 13.2 Å². The molecule has 1 aliphatic heterocycles. The first kappa shape index (κ1) is 20.8. The van der Waals surface area contributed by atoms with Crippen LogP contribution in [0.2, 0.25) is 0 Å². The van der Waals surface area contributed by atoms with Crippen LogP contribution in [0.4, 0.5) is 0 Å². The number of rotatable bonds is 7. The monoisotopic (exact) mass is 423 g/mol. The largest absolute Gasteiger partial charge is 0.335 e. The first-order valence-electron chi connectivity index (χ1n) is 9.26. The van der Waals surface area contributed by atoms with Crippen LogP contribution in [0.15, 0.2) is 29.7 Å². The lowest BCUT2D eigenvalue weighted by molar-refractivity contribution is -0.132.